The lowest BCUT2D eigenvalue weighted by molar-refractivity contribution is -0.127. The van der Waals surface area contributed by atoms with Crippen LogP contribution in [0.25, 0.3) is 11.4 Å². The first-order valence-corrected chi connectivity index (χ1v) is 13.9. The number of nitrogens with zero attached hydrogens (tertiary/aromatic N) is 4. The predicted octanol–water partition coefficient (Wildman–Crippen LogP) is 5.29. The van der Waals surface area contributed by atoms with Crippen molar-refractivity contribution in [2.24, 2.45) is 5.92 Å². The van der Waals surface area contributed by atoms with Crippen LogP contribution in [0.5, 0.6) is 0 Å². The van der Waals surface area contributed by atoms with E-state index in [-0.39, 0.29) is 11.8 Å². The summed E-state index contributed by atoms with van der Waals surface area (Å²) in [5, 5.41) is 7.93. The smallest absolute Gasteiger partial charge is 0.241 e. The molecular weight excluding hydrogens is 486 g/mol. The quantitative estimate of drug-likeness (QED) is 0.434. The third-order valence-electron chi connectivity index (χ3n) is 7.40. The van der Waals surface area contributed by atoms with Crippen LogP contribution in [0.4, 0.5) is 0 Å². The molecule has 0 saturated carbocycles. The van der Waals surface area contributed by atoms with Crippen LogP contribution in [0.2, 0.25) is 5.02 Å². The zero-order valence-electron chi connectivity index (χ0n) is 21.4. The predicted molar refractivity (Wildman–Crippen MR) is 145 cm³/mol. The number of nitrogens with one attached hydrogen (secondary N) is 1. The lowest BCUT2D eigenvalue weighted by atomic mass is 9.97. The summed E-state index contributed by atoms with van der Waals surface area (Å²) < 4.78 is 5.48. The molecule has 0 radical (unpaired) electrons. The van der Waals surface area contributed by atoms with E-state index in [1.807, 2.05) is 24.3 Å². The van der Waals surface area contributed by atoms with Crippen LogP contribution < -0.4 is 5.32 Å². The van der Waals surface area contributed by atoms with Gasteiger partial charge in [-0.25, -0.2) is 0 Å². The SMILES string of the molecule is O=C(NCc1ccc(CN2CCCCCC2)cc1)C1CCCN(Cc2nc(-c3ccc(Cl)cc3)no2)C1. The highest BCUT2D eigenvalue weighted by molar-refractivity contribution is 6.30. The summed E-state index contributed by atoms with van der Waals surface area (Å²) in [6.45, 7) is 6.14. The molecule has 0 aliphatic carbocycles. The molecule has 37 heavy (non-hydrogen) atoms. The number of likely N-dealkylation sites (tertiary alicyclic amines) is 2. The maximum absolute atomic E-state index is 12.9. The topological polar surface area (TPSA) is 74.5 Å². The van der Waals surface area contributed by atoms with Gasteiger partial charge >= 0.3 is 0 Å². The third kappa shape index (κ3) is 7.40. The Bertz CT molecular complexity index is 1140. The molecule has 2 aromatic carbocycles. The minimum absolute atomic E-state index is 0.0327. The molecule has 0 bridgehead atoms. The van der Waals surface area contributed by atoms with E-state index in [0.29, 0.717) is 36.4 Å². The van der Waals surface area contributed by atoms with Gasteiger partial charge in [0.25, 0.3) is 0 Å². The molecule has 7 nitrogen and oxygen atoms in total. The van der Waals surface area contributed by atoms with Crippen molar-refractivity contribution in [1.29, 1.82) is 0 Å². The van der Waals surface area contributed by atoms with Gasteiger partial charge in [-0.15, -0.1) is 0 Å². The van der Waals surface area contributed by atoms with Crippen molar-refractivity contribution in [3.63, 3.8) is 0 Å². The molecule has 2 aliphatic heterocycles. The molecule has 1 amide bonds. The number of amides is 1. The summed E-state index contributed by atoms with van der Waals surface area (Å²) in [6.07, 6.45) is 7.20. The highest BCUT2D eigenvalue weighted by atomic mass is 35.5. The van der Waals surface area contributed by atoms with Gasteiger partial charge in [0.05, 0.1) is 12.5 Å². The fraction of sp³-hybridized carbons (Fsp3) is 0.483. The van der Waals surface area contributed by atoms with Crippen LogP contribution in [0.15, 0.2) is 53.1 Å². The van der Waals surface area contributed by atoms with Crippen molar-refractivity contribution in [1.82, 2.24) is 25.3 Å². The van der Waals surface area contributed by atoms with E-state index in [4.69, 9.17) is 16.1 Å². The molecule has 2 fully saturated rings. The summed E-state index contributed by atoms with van der Waals surface area (Å²) in [7, 11) is 0. The van der Waals surface area contributed by atoms with Crippen LogP contribution in [-0.4, -0.2) is 52.0 Å². The first kappa shape index (κ1) is 25.9. The van der Waals surface area contributed by atoms with Crippen LogP contribution in [0, 0.1) is 5.92 Å². The van der Waals surface area contributed by atoms with E-state index in [2.05, 4.69) is 49.5 Å². The van der Waals surface area contributed by atoms with Crippen molar-refractivity contribution in [3.8, 4) is 11.4 Å². The minimum atomic E-state index is -0.0327. The molecule has 2 saturated heterocycles. The van der Waals surface area contributed by atoms with Gasteiger partial charge in [0.1, 0.15) is 0 Å². The van der Waals surface area contributed by atoms with Gasteiger partial charge in [0.15, 0.2) is 0 Å². The van der Waals surface area contributed by atoms with Crippen LogP contribution in [0.3, 0.4) is 0 Å². The number of hydrogen-bond donors (Lipinski definition) is 1. The van der Waals surface area contributed by atoms with Gasteiger partial charge in [0.2, 0.25) is 17.6 Å². The molecule has 3 aromatic rings. The Morgan fingerprint density at radius 3 is 2.35 bits per heavy atom. The van der Waals surface area contributed by atoms with Gasteiger partial charge < -0.3 is 9.84 Å². The fourth-order valence-corrected chi connectivity index (χ4v) is 5.41. The first-order valence-electron chi connectivity index (χ1n) is 13.5. The lowest BCUT2D eigenvalue weighted by Crippen LogP contribution is -2.42. The molecule has 0 spiro atoms. The molecule has 1 N–H and O–H groups in total. The maximum Gasteiger partial charge on any atom is 0.241 e. The Hall–Kier alpha value is -2.74. The summed E-state index contributed by atoms with van der Waals surface area (Å²) >= 11 is 5.97. The standard InChI is InChI=1S/C29H36ClN5O2/c30-26-13-11-24(12-14-26)28-32-27(37-33-28)21-35-17-5-6-25(20-35)29(36)31-18-22-7-9-23(10-8-22)19-34-15-3-1-2-4-16-34/h7-14,25H,1-6,15-21H2,(H,31,36). The number of carbonyl (C=O) groups excluding carboxylic acids is 1. The lowest BCUT2D eigenvalue weighted by Gasteiger charge is -2.30. The van der Waals surface area contributed by atoms with E-state index in [9.17, 15) is 4.79 Å². The molecule has 5 rings (SSSR count). The zero-order valence-corrected chi connectivity index (χ0v) is 22.1. The number of carbonyl (C=O) groups is 1. The first-order chi connectivity index (χ1) is 18.1. The van der Waals surface area contributed by atoms with E-state index in [0.717, 1.165) is 37.1 Å². The monoisotopic (exact) mass is 521 g/mol. The van der Waals surface area contributed by atoms with Gasteiger partial charge in [0, 0.05) is 30.2 Å². The number of rotatable bonds is 8. The maximum atomic E-state index is 12.9. The minimum Gasteiger partial charge on any atom is -0.352 e. The molecular formula is C29H36ClN5O2. The van der Waals surface area contributed by atoms with E-state index < -0.39 is 0 Å². The molecule has 1 unspecified atom stereocenters. The normalized spacial score (nSPS) is 19.4. The second kappa shape index (κ2) is 12.7. The number of aromatic nitrogens is 2. The summed E-state index contributed by atoms with van der Waals surface area (Å²) in [6, 6.07) is 16.1. The van der Waals surface area contributed by atoms with Crippen LogP contribution in [-0.2, 0) is 24.4 Å². The number of halogens is 1. The second-order valence-corrected chi connectivity index (χ2v) is 10.8. The molecule has 1 atom stereocenters. The van der Waals surface area contributed by atoms with Crippen molar-refractivity contribution in [3.05, 3.63) is 70.6 Å². The van der Waals surface area contributed by atoms with E-state index in [1.165, 1.54) is 44.3 Å². The molecule has 1 aromatic heterocycles. The third-order valence-corrected chi connectivity index (χ3v) is 7.65. The highest BCUT2D eigenvalue weighted by Gasteiger charge is 2.27. The summed E-state index contributed by atoms with van der Waals surface area (Å²) in [4.78, 5) is 22.3. The average Bonchev–Trinajstić information content (AvgIpc) is 3.23. The molecule has 3 heterocycles. The number of piperidine rings is 1. The highest BCUT2D eigenvalue weighted by Crippen LogP contribution is 2.22. The molecule has 8 heteroatoms. The van der Waals surface area contributed by atoms with Gasteiger partial charge in [-0.3, -0.25) is 14.6 Å². The Morgan fingerprint density at radius 1 is 0.892 bits per heavy atom. The summed E-state index contributed by atoms with van der Waals surface area (Å²) in [5.41, 5.74) is 3.35. The van der Waals surface area contributed by atoms with Gasteiger partial charge in [-0.1, -0.05) is 53.9 Å². The Balaban J connectivity index is 1.08. The van der Waals surface area contributed by atoms with Crippen LogP contribution in [0.1, 0.15) is 55.5 Å². The van der Waals surface area contributed by atoms with Crippen LogP contribution >= 0.6 is 11.6 Å². The fourth-order valence-electron chi connectivity index (χ4n) is 5.29. The van der Waals surface area contributed by atoms with Crippen molar-refractivity contribution < 1.29 is 9.32 Å². The largest absolute Gasteiger partial charge is 0.352 e. The van der Waals surface area contributed by atoms with Gasteiger partial charge in [-0.2, -0.15) is 4.98 Å². The van der Waals surface area contributed by atoms with E-state index in [1.54, 1.807) is 0 Å². The zero-order chi connectivity index (χ0) is 25.5. The van der Waals surface area contributed by atoms with E-state index >= 15 is 0 Å². The molecule has 196 valence electrons. The summed E-state index contributed by atoms with van der Waals surface area (Å²) in [5.74, 6) is 1.20. The second-order valence-electron chi connectivity index (χ2n) is 10.3. The molecule has 2 aliphatic rings. The number of hydrogen-bond acceptors (Lipinski definition) is 6. The van der Waals surface area contributed by atoms with Crippen molar-refractivity contribution in [2.45, 2.75) is 58.2 Å². The Labute approximate surface area is 224 Å². The van der Waals surface area contributed by atoms with Crippen molar-refractivity contribution >= 4 is 17.5 Å². The number of benzene rings is 2. The Morgan fingerprint density at radius 2 is 1.59 bits per heavy atom. The van der Waals surface area contributed by atoms with Gasteiger partial charge in [-0.05, 0) is 80.7 Å². The Kier molecular flexibility index (Phi) is 8.87. The average molecular weight is 522 g/mol. The van der Waals surface area contributed by atoms with Crippen molar-refractivity contribution in [2.75, 3.05) is 26.2 Å².